The maximum atomic E-state index is 5.96. The topological polar surface area (TPSA) is 12.0 Å². The zero-order valence-electron chi connectivity index (χ0n) is 9.01. The first-order valence-electron chi connectivity index (χ1n) is 4.99. The Labute approximate surface area is 126 Å². The Morgan fingerprint density at radius 3 is 2.53 bits per heavy atom. The van der Waals surface area contributed by atoms with Crippen LogP contribution in [0.3, 0.4) is 0 Å². The van der Waals surface area contributed by atoms with Gasteiger partial charge in [-0.05, 0) is 52.8 Å². The van der Waals surface area contributed by atoms with E-state index in [1.165, 1.54) is 10.4 Å². The van der Waals surface area contributed by atoms with Crippen LogP contribution in [0.2, 0.25) is 5.02 Å². The molecule has 2 aromatic rings. The highest BCUT2D eigenvalue weighted by Gasteiger charge is 2.16. The quantitative estimate of drug-likeness (QED) is 0.750. The summed E-state index contributed by atoms with van der Waals surface area (Å²) in [5.74, 6) is 0. The minimum absolute atomic E-state index is 0.179. The number of hydrogen-bond donors (Lipinski definition) is 1. The molecule has 0 spiro atoms. The first kappa shape index (κ1) is 13.6. The molecular weight excluding hydrogens is 385 g/mol. The normalized spacial score (nSPS) is 12.7. The molecule has 0 bridgehead atoms. The van der Waals surface area contributed by atoms with Crippen molar-refractivity contribution in [3.05, 3.63) is 54.1 Å². The standard InChI is InChI=1S/C12H10Br2ClNS/c1-16-12(10-4-5-11(14)17-10)8-3-2-7(15)6-9(8)13/h2-6,12,16H,1H3. The summed E-state index contributed by atoms with van der Waals surface area (Å²) >= 11 is 14.7. The second kappa shape index (κ2) is 5.85. The zero-order valence-corrected chi connectivity index (χ0v) is 13.8. The van der Waals surface area contributed by atoms with Crippen LogP contribution >= 0.6 is 54.8 Å². The fraction of sp³-hybridized carbons (Fsp3) is 0.167. The number of benzene rings is 1. The predicted molar refractivity (Wildman–Crippen MR) is 82.1 cm³/mol. The Balaban J connectivity index is 2.42. The molecule has 1 heterocycles. The third-order valence-corrected chi connectivity index (χ3v) is 5.05. The third kappa shape index (κ3) is 3.12. The van der Waals surface area contributed by atoms with Gasteiger partial charge in [0.2, 0.25) is 0 Å². The maximum Gasteiger partial charge on any atom is 0.0702 e. The first-order valence-corrected chi connectivity index (χ1v) is 7.77. The Kier molecular flexibility index (Phi) is 4.66. The highest BCUT2D eigenvalue weighted by atomic mass is 79.9. The Morgan fingerprint density at radius 2 is 2.00 bits per heavy atom. The van der Waals surface area contributed by atoms with E-state index in [2.05, 4.69) is 49.3 Å². The van der Waals surface area contributed by atoms with Crippen molar-refractivity contribution in [1.29, 1.82) is 0 Å². The van der Waals surface area contributed by atoms with Gasteiger partial charge in [-0.25, -0.2) is 0 Å². The average Bonchev–Trinajstić information content (AvgIpc) is 2.69. The van der Waals surface area contributed by atoms with Crippen LogP contribution in [0.25, 0.3) is 0 Å². The van der Waals surface area contributed by atoms with E-state index in [0.717, 1.165) is 13.3 Å². The molecule has 0 saturated heterocycles. The lowest BCUT2D eigenvalue weighted by Crippen LogP contribution is -2.16. The van der Waals surface area contributed by atoms with Crippen molar-refractivity contribution in [3.8, 4) is 0 Å². The van der Waals surface area contributed by atoms with Gasteiger partial charge in [0.15, 0.2) is 0 Å². The van der Waals surface area contributed by atoms with E-state index < -0.39 is 0 Å². The summed E-state index contributed by atoms with van der Waals surface area (Å²) in [7, 11) is 1.96. The van der Waals surface area contributed by atoms with Crippen LogP contribution in [0.4, 0.5) is 0 Å². The van der Waals surface area contributed by atoms with Gasteiger partial charge in [-0.3, -0.25) is 0 Å². The predicted octanol–water partition coefficient (Wildman–Crippen LogP) is 5.24. The lowest BCUT2D eigenvalue weighted by Gasteiger charge is -2.16. The molecule has 1 aromatic carbocycles. The fourth-order valence-electron chi connectivity index (χ4n) is 1.67. The van der Waals surface area contributed by atoms with E-state index in [0.29, 0.717) is 0 Å². The van der Waals surface area contributed by atoms with E-state index >= 15 is 0 Å². The highest BCUT2D eigenvalue weighted by molar-refractivity contribution is 9.11. The van der Waals surface area contributed by atoms with Gasteiger partial charge in [0.05, 0.1) is 9.83 Å². The van der Waals surface area contributed by atoms with Gasteiger partial charge in [0.1, 0.15) is 0 Å². The second-order valence-corrected chi connectivity index (χ2v) is 7.31. The molecule has 1 atom stereocenters. The molecule has 5 heteroatoms. The molecule has 0 amide bonds. The molecule has 0 fully saturated rings. The van der Waals surface area contributed by atoms with Crippen molar-refractivity contribution >= 4 is 54.8 Å². The van der Waals surface area contributed by atoms with Gasteiger partial charge in [0, 0.05) is 14.4 Å². The summed E-state index contributed by atoms with van der Waals surface area (Å²) in [6.45, 7) is 0. The molecule has 0 aliphatic heterocycles. The molecule has 0 saturated carbocycles. The molecule has 1 unspecified atom stereocenters. The van der Waals surface area contributed by atoms with Crippen LogP contribution in [0.15, 0.2) is 38.6 Å². The SMILES string of the molecule is CNC(c1ccc(Br)s1)c1ccc(Cl)cc1Br. The molecule has 0 aliphatic carbocycles. The zero-order chi connectivity index (χ0) is 12.4. The summed E-state index contributed by atoms with van der Waals surface area (Å²) in [5, 5.41) is 4.06. The smallest absolute Gasteiger partial charge is 0.0702 e. The van der Waals surface area contributed by atoms with Crippen LogP contribution in [0, 0.1) is 0 Å². The summed E-state index contributed by atoms with van der Waals surface area (Å²) < 4.78 is 2.16. The van der Waals surface area contributed by atoms with Gasteiger partial charge < -0.3 is 5.32 Å². The summed E-state index contributed by atoms with van der Waals surface area (Å²) in [6, 6.07) is 10.2. The number of hydrogen-bond acceptors (Lipinski definition) is 2. The van der Waals surface area contributed by atoms with Crippen LogP contribution in [0.1, 0.15) is 16.5 Å². The molecule has 1 aromatic heterocycles. The van der Waals surface area contributed by atoms with Crippen molar-refractivity contribution < 1.29 is 0 Å². The van der Waals surface area contributed by atoms with E-state index in [-0.39, 0.29) is 6.04 Å². The fourth-order valence-corrected chi connectivity index (χ4v) is 4.13. The molecule has 1 nitrogen and oxygen atoms in total. The highest BCUT2D eigenvalue weighted by Crippen LogP contribution is 2.35. The van der Waals surface area contributed by atoms with Crippen LogP contribution in [0.5, 0.6) is 0 Å². The van der Waals surface area contributed by atoms with Crippen molar-refractivity contribution in [3.63, 3.8) is 0 Å². The lowest BCUT2D eigenvalue weighted by molar-refractivity contribution is 0.701. The van der Waals surface area contributed by atoms with Crippen LogP contribution in [-0.2, 0) is 0 Å². The van der Waals surface area contributed by atoms with E-state index in [4.69, 9.17) is 11.6 Å². The van der Waals surface area contributed by atoms with E-state index in [1.807, 2.05) is 25.2 Å². The third-order valence-electron chi connectivity index (χ3n) is 2.44. The second-order valence-electron chi connectivity index (χ2n) is 3.53. The maximum absolute atomic E-state index is 5.96. The first-order chi connectivity index (χ1) is 8.11. The Hall–Kier alpha value is 0.130. The summed E-state index contributed by atoms with van der Waals surface area (Å²) in [5.41, 5.74) is 1.19. The monoisotopic (exact) mass is 393 g/mol. The molecule has 0 radical (unpaired) electrons. The minimum Gasteiger partial charge on any atom is -0.309 e. The van der Waals surface area contributed by atoms with Crippen molar-refractivity contribution in [2.75, 3.05) is 7.05 Å². The van der Waals surface area contributed by atoms with Gasteiger partial charge >= 0.3 is 0 Å². The van der Waals surface area contributed by atoms with Gasteiger partial charge in [-0.15, -0.1) is 11.3 Å². The average molecular weight is 396 g/mol. The number of thiophene rings is 1. The van der Waals surface area contributed by atoms with Crippen molar-refractivity contribution in [1.82, 2.24) is 5.32 Å². The van der Waals surface area contributed by atoms with Crippen LogP contribution in [-0.4, -0.2) is 7.05 Å². The van der Waals surface area contributed by atoms with Gasteiger partial charge in [0.25, 0.3) is 0 Å². The number of halogens is 3. The molecular formula is C12H10Br2ClNS. The van der Waals surface area contributed by atoms with Gasteiger partial charge in [-0.2, -0.15) is 0 Å². The molecule has 0 aliphatic rings. The largest absolute Gasteiger partial charge is 0.309 e. The molecule has 1 N–H and O–H groups in total. The Morgan fingerprint density at radius 1 is 1.24 bits per heavy atom. The Bertz CT molecular complexity index is 527. The summed E-state index contributed by atoms with van der Waals surface area (Å²) in [4.78, 5) is 1.27. The molecule has 17 heavy (non-hydrogen) atoms. The lowest BCUT2D eigenvalue weighted by atomic mass is 10.1. The molecule has 2 rings (SSSR count). The van der Waals surface area contributed by atoms with Gasteiger partial charge in [-0.1, -0.05) is 33.6 Å². The van der Waals surface area contributed by atoms with Crippen molar-refractivity contribution in [2.45, 2.75) is 6.04 Å². The number of nitrogens with one attached hydrogen (secondary N) is 1. The summed E-state index contributed by atoms with van der Waals surface area (Å²) in [6.07, 6.45) is 0. The van der Waals surface area contributed by atoms with Crippen LogP contribution < -0.4 is 5.32 Å². The van der Waals surface area contributed by atoms with Crippen molar-refractivity contribution in [2.24, 2.45) is 0 Å². The van der Waals surface area contributed by atoms with E-state index in [9.17, 15) is 0 Å². The minimum atomic E-state index is 0.179. The number of rotatable bonds is 3. The molecule has 90 valence electrons. The van der Waals surface area contributed by atoms with E-state index in [1.54, 1.807) is 11.3 Å².